The van der Waals surface area contributed by atoms with Crippen LogP contribution in [0.5, 0.6) is 11.5 Å². The van der Waals surface area contributed by atoms with Gasteiger partial charge in [-0.15, -0.1) is 11.3 Å². The van der Waals surface area contributed by atoms with Gasteiger partial charge in [0.15, 0.2) is 0 Å². The van der Waals surface area contributed by atoms with Gasteiger partial charge in [-0.25, -0.2) is 4.98 Å². The van der Waals surface area contributed by atoms with Crippen LogP contribution in [0.15, 0.2) is 53.9 Å². The van der Waals surface area contributed by atoms with Gasteiger partial charge in [0.25, 0.3) is 5.91 Å². The van der Waals surface area contributed by atoms with Gasteiger partial charge < -0.3 is 15.4 Å². The number of aromatic nitrogens is 1. The van der Waals surface area contributed by atoms with Gasteiger partial charge in [0.2, 0.25) is 5.91 Å². The van der Waals surface area contributed by atoms with Crippen LogP contribution in [0.25, 0.3) is 0 Å². The smallest absolute Gasteiger partial charge is 0.253 e. The van der Waals surface area contributed by atoms with Crippen LogP contribution in [-0.2, 0) is 6.54 Å². The van der Waals surface area contributed by atoms with Crippen LogP contribution in [-0.4, -0.2) is 52.8 Å². The number of benzene rings is 2. The monoisotopic (exact) mass is 436 g/mol. The maximum Gasteiger partial charge on any atom is 0.253 e. The van der Waals surface area contributed by atoms with Gasteiger partial charge in [0.1, 0.15) is 11.5 Å². The Labute approximate surface area is 185 Å². The third-order valence-electron chi connectivity index (χ3n) is 5.19. The van der Waals surface area contributed by atoms with Gasteiger partial charge in [0, 0.05) is 49.2 Å². The van der Waals surface area contributed by atoms with E-state index in [-0.39, 0.29) is 5.91 Å². The Morgan fingerprint density at radius 2 is 1.55 bits per heavy atom. The minimum Gasteiger partial charge on any atom is -0.457 e. The molecule has 2 heterocycles. The number of nitrogens with two attached hydrogens (primary N) is 1. The van der Waals surface area contributed by atoms with E-state index in [1.807, 2.05) is 11.8 Å². The summed E-state index contributed by atoms with van der Waals surface area (Å²) >= 11 is 1.67. The summed E-state index contributed by atoms with van der Waals surface area (Å²) in [5, 5.41) is 3.18. The zero-order valence-corrected chi connectivity index (χ0v) is 18.1. The Hall–Kier alpha value is -3.23. The molecule has 1 aliphatic heterocycles. The summed E-state index contributed by atoms with van der Waals surface area (Å²) in [5.41, 5.74) is 7.41. The molecule has 1 saturated heterocycles. The molecule has 0 aliphatic carbocycles. The Kier molecular flexibility index (Phi) is 6.29. The van der Waals surface area contributed by atoms with E-state index in [1.165, 1.54) is 0 Å². The van der Waals surface area contributed by atoms with Crippen molar-refractivity contribution in [2.45, 2.75) is 13.5 Å². The molecule has 2 amide bonds. The molecule has 2 N–H and O–H groups in total. The fourth-order valence-electron chi connectivity index (χ4n) is 3.49. The quantitative estimate of drug-likeness (QED) is 0.641. The normalized spacial score (nSPS) is 14.4. The number of rotatable bonds is 6. The highest BCUT2D eigenvalue weighted by Crippen LogP contribution is 2.23. The largest absolute Gasteiger partial charge is 0.457 e. The fourth-order valence-corrected chi connectivity index (χ4v) is 4.09. The Morgan fingerprint density at radius 1 is 0.968 bits per heavy atom. The number of aryl methyl sites for hydroxylation is 1. The van der Waals surface area contributed by atoms with Gasteiger partial charge in [0.05, 0.1) is 10.7 Å². The number of hydrogen-bond donors (Lipinski definition) is 1. The molecule has 0 spiro atoms. The maximum atomic E-state index is 12.9. The number of primary amides is 1. The average molecular weight is 437 g/mol. The molecule has 1 aromatic heterocycles. The highest BCUT2D eigenvalue weighted by atomic mass is 32.1. The van der Waals surface area contributed by atoms with Crippen molar-refractivity contribution in [3.8, 4) is 11.5 Å². The van der Waals surface area contributed by atoms with E-state index in [4.69, 9.17) is 10.5 Å². The second-order valence-electron chi connectivity index (χ2n) is 7.44. The molecule has 4 rings (SSSR count). The van der Waals surface area contributed by atoms with Gasteiger partial charge in [-0.3, -0.25) is 14.5 Å². The summed E-state index contributed by atoms with van der Waals surface area (Å²) in [6.45, 7) is 5.92. The third-order valence-corrected chi connectivity index (χ3v) is 6.01. The lowest BCUT2D eigenvalue weighted by Gasteiger charge is -2.34. The summed E-state index contributed by atoms with van der Waals surface area (Å²) in [4.78, 5) is 32.7. The zero-order chi connectivity index (χ0) is 21.8. The number of thiazole rings is 1. The Balaban J connectivity index is 1.30. The van der Waals surface area contributed by atoms with Crippen molar-refractivity contribution in [1.82, 2.24) is 14.8 Å². The van der Waals surface area contributed by atoms with Crippen LogP contribution in [0.1, 0.15) is 31.4 Å². The van der Waals surface area contributed by atoms with E-state index >= 15 is 0 Å². The molecule has 8 heteroatoms. The standard InChI is InChI=1S/C23H24N4O3S/c1-16-25-19(15-31-16)14-26-10-12-27(13-11-26)23(29)18-4-8-21(9-5-18)30-20-6-2-17(3-7-20)22(24)28/h2-9,15H,10-14H2,1H3,(H2,24,28). The number of amides is 2. The summed E-state index contributed by atoms with van der Waals surface area (Å²) in [6, 6.07) is 13.7. The van der Waals surface area contributed by atoms with E-state index in [1.54, 1.807) is 59.9 Å². The number of hydrogen-bond acceptors (Lipinski definition) is 6. The summed E-state index contributed by atoms with van der Waals surface area (Å²) < 4.78 is 5.78. The second-order valence-corrected chi connectivity index (χ2v) is 8.50. The molecule has 0 bridgehead atoms. The van der Waals surface area contributed by atoms with Crippen LogP contribution in [0.2, 0.25) is 0 Å². The fraction of sp³-hybridized carbons (Fsp3) is 0.261. The van der Waals surface area contributed by atoms with Crippen LogP contribution >= 0.6 is 11.3 Å². The predicted octanol–water partition coefficient (Wildman–Crippen LogP) is 3.30. The number of piperazine rings is 1. The van der Waals surface area contributed by atoms with Crippen molar-refractivity contribution in [1.29, 1.82) is 0 Å². The highest BCUT2D eigenvalue weighted by molar-refractivity contribution is 7.09. The molecule has 0 saturated carbocycles. The molecule has 160 valence electrons. The molecule has 0 unspecified atom stereocenters. The first-order valence-electron chi connectivity index (χ1n) is 10.1. The number of carbonyl (C=O) groups excluding carboxylic acids is 2. The molecular weight excluding hydrogens is 412 g/mol. The van der Waals surface area contributed by atoms with Crippen molar-refractivity contribution >= 4 is 23.2 Å². The second kappa shape index (κ2) is 9.28. The lowest BCUT2D eigenvalue weighted by atomic mass is 10.1. The minimum absolute atomic E-state index is 0.0292. The van der Waals surface area contributed by atoms with Crippen molar-refractivity contribution in [3.63, 3.8) is 0 Å². The molecule has 1 fully saturated rings. The Morgan fingerprint density at radius 3 is 2.06 bits per heavy atom. The van der Waals surface area contributed by atoms with Gasteiger partial charge in [-0.1, -0.05) is 0 Å². The highest BCUT2D eigenvalue weighted by Gasteiger charge is 2.22. The number of carbonyl (C=O) groups is 2. The average Bonchev–Trinajstić information content (AvgIpc) is 3.19. The number of ether oxygens (including phenoxy) is 1. The first-order valence-corrected chi connectivity index (χ1v) is 11.0. The van der Waals surface area contributed by atoms with Gasteiger partial charge >= 0.3 is 0 Å². The zero-order valence-electron chi connectivity index (χ0n) is 17.3. The lowest BCUT2D eigenvalue weighted by molar-refractivity contribution is 0.0627. The van der Waals surface area contributed by atoms with E-state index < -0.39 is 5.91 Å². The molecule has 0 radical (unpaired) electrons. The van der Waals surface area contributed by atoms with Gasteiger partial charge in [-0.2, -0.15) is 0 Å². The van der Waals surface area contributed by atoms with Crippen molar-refractivity contribution in [2.75, 3.05) is 26.2 Å². The third kappa shape index (κ3) is 5.28. The summed E-state index contributed by atoms with van der Waals surface area (Å²) in [7, 11) is 0. The SMILES string of the molecule is Cc1nc(CN2CCN(C(=O)c3ccc(Oc4ccc(C(N)=O)cc4)cc3)CC2)cs1. The molecule has 31 heavy (non-hydrogen) atoms. The predicted molar refractivity (Wildman–Crippen MR) is 120 cm³/mol. The van der Waals surface area contributed by atoms with Crippen LogP contribution < -0.4 is 10.5 Å². The van der Waals surface area contributed by atoms with Crippen LogP contribution in [0, 0.1) is 6.92 Å². The molecule has 2 aromatic carbocycles. The van der Waals surface area contributed by atoms with E-state index in [9.17, 15) is 9.59 Å². The molecule has 1 aliphatic rings. The summed E-state index contributed by atoms with van der Waals surface area (Å²) in [5.74, 6) is 0.761. The van der Waals surface area contributed by atoms with Crippen molar-refractivity contribution in [3.05, 3.63) is 75.7 Å². The number of nitrogens with zero attached hydrogens (tertiary/aromatic N) is 3. The maximum absolute atomic E-state index is 12.9. The summed E-state index contributed by atoms with van der Waals surface area (Å²) in [6.07, 6.45) is 0. The first kappa shape index (κ1) is 21.0. The van der Waals surface area contributed by atoms with E-state index in [0.29, 0.717) is 35.7 Å². The molecular formula is C23H24N4O3S. The molecule has 0 atom stereocenters. The molecule has 3 aromatic rings. The van der Waals surface area contributed by atoms with Gasteiger partial charge in [-0.05, 0) is 55.5 Å². The molecule has 7 nitrogen and oxygen atoms in total. The first-order chi connectivity index (χ1) is 15.0. The topological polar surface area (TPSA) is 88.8 Å². The van der Waals surface area contributed by atoms with Crippen LogP contribution in [0.4, 0.5) is 0 Å². The minimum atomic E-state index is -0.478. The van der Waals surface area contributed by atoms with Crippen molar-refractivity contribution in [2.24, 2.45) is 5.73 Å². The lowest BCUT2D eigenvalue weighted by Crippen LogP contribution is -2.48. The van der Waals surface area contributed by atoms with Crippen molar-refractivity contribution < 1.29 is 14.3 Å². The van der Waals surface area contributed by atoms with Crippen LogP contribution in [0.3, 0.4) is 0 Å². The van der Waals surface area contributed by atoms with E-state index in [0.717, 1.165) is 30.3 Å². The Bertz CT molecular complexity index is 1060. The van der Waals surface area contributed by atoms with E-state index in [2.05, 4.69) is 15.3 Å².